The van der Waals surface area contributed by atoms with Crippen molar-refractivity contribution in [1.29, 1.82) is 0 Å². The Morgan fingerprint density at radius 2 is 1.67 bits per heavy atom. The van der Waals surface area contributed by atoms with Gasteiger partial charge in [0, 0.05) is 0 Å². The molecule has 1 fully saturated rings. The highest BCUT2D eigenvalue weighted by Crippen LogP contribution is 2.42. The van der Waals surface area contributed by atoms with E-state index in [9.17, 15) is 0 Å². The summed E-state index contributed by atoms with van der Waals surface area (Å²) in [6.45, 7) is 9.56. The van der Waals surface area contributed by atoms with E-state index >= 15 is 0 Å². The Labute approximate surface area is 77.7 Å². The van der Waals surface area contributed by atoms with Crippen molar-refractivity contribution in [2.45, 2.75) is 59.8 Å². The van der Waals surface area contributed by atoms with Gasteiger partial charge in [-0.3, -0.25) is 0 Å². The van der Waals surface area contributed by atoms with Gasteiger partial charge in [-0.15, -0.1) is 0 Å². The van der Waals surface area contributed by atoms with Gasteiger partial charge in [0.1, 0.15) is 0 Å². The van der Waals surface area contributed by atoms with Crippen LogP contribution in [0.4, 0.5) is 0 Å². The van der Waals surface area contributed by atoms with Crippen molar-refractivity contribution in [1.82, 2.24) is 0 Å². The maximum absolute atomic E-state index is 2.40. The highest BCUT2D eigenvalue weighted by Gasteiger charge is 2.31. The van der Waals surface area contributed by atoms with Gasteiger partial charge in [0.05, 0.1) is 0 Å². The molecule has 0 aromatic heterocycles. The molecular formula is C12H24. The van der Waals surface area contributed by atoms with Gasteiger partial charge in [-0.25, -0.2) is 0 Å². The molecule has 0 N–H and O–H groups in total. The molecule has 1 saturated carbocycles. The van der Waals surface area contributed by atoms with Gasteiger partial charge < -0.3 is 0 Å². The predicted octanol–water partition coefficient (Wildman–Crippen LogP) is 4.25. The van der Waals surface area contributed by atoms with Crippen LogP contribution in [0, 0.1) is 17.3 Å². The normalized spacial score (nSPS) is 23.0. The van der Waals surface area contributed by atoms with Crippen LogP contribution in [0.2, 0.25) is 0 Å². The largest absolute Gasteiger partial charge is 0.0651 e. The highest BCUT2D eigenvalue weighted by molar-refractivity contribution is 4.82. The Hall–Kier alpha value is 0. The summed E-state index contributed by atoms with van der Waals surface area (Å²) in [5.41, 5.74) is 0.532. The first-order chi connectivity index (χ1) is 5.55. The Bertz CT molecular complexity index is 123. The second-order valence-corrected chi connectivity index (χ2v) is 5.43. The van der Waals surface area contributed by atoms with Crippen LogP contribution in [-0.2, 0) is 0 Å². The van der Waals surface area contributed by atoms with Crippen molar-refractivity contribution in [3.05, 3.63) is 0 Å². The fourth-order valence-electron chi connectivity index (χ4n) is 3.01. The summed E-state index contributed by atoms with van der Waals surface area (Å²) in [5, 5.41) is 0. The summed E-state index contributed by atoms with van der Waals surface area (Å²) in [4.78, 5) is 0. The van der Waals surface area contributed by atoms with E-state index in [1.54, 1.807) is 0 Å². The highest BCUT2D eigenvalue weighted by atomic mass is 14.4. The molecule has 0 radical (unpaired) electrons. The maximum Gasteiger partial charge on any atom is -0.0340 e. The zero-order valence-electron chi connectivity index (χ0n) is 9.19. The van der Waals surface area contributed by atoms with E-state index < -0.39 is 0 Å². The van der Waals surface area contributed by atoms with E-state index in [0.717, 1.165) is 11.8 Å². The number of hydrogen-bond acceptors (Lipinski definition) is 0. The van der Waals surface area contributed by atoms with Crippen LogP contribution in [0.15, 0.2) is 0 Å². The minimum absolute atomic E-state index is 0.532. The summed E-state index contributed by atoms with van der Waals surface area (Å²) >= 11 is 0. The standard InChI is InChI=1S/C12H24/c1-5-11(12(2,3)4)10-8-6-7-9-10/h10-11H,5-9H2,1-4H3. The second-order valence-electron chi connectivity index (χ2n) is 5.43. The predicted molar refractivity (Wildman–Crippen MR) is 55.2 cm³/mol. The molecule has 0 amide bonds. The Morgan fingerprint density at radius 3 is 2.00 bits per heavy atom. The summed E-state index contributed by atoms with van der Waals surface area (Å²) in [7, 11) is 0. The molecule has 0 nitrogen and oxygen atoms in total. The van der Waals surface area contributed by atoms with Crippen molar-refractivity contribution in [3.8, 4) is 0 Å². The molecular weight excluding hydrogens is 144 g/mol. The lowest BCUT2D eigenvalue weighted by atomic mass is 9.71. The molecule has 0 spiro atoms. The van der Waals surface area contributed by atoms with Gasteiger partial charge >= 0.3 is 0 Å². The first-order valence-corrected chi connectivity index (χ1v) is 5.55. The molecule has 0 heteroatoms. The van der Waals surface area contributed by atoms with Crippen LogP contribution in [-0.4, -0.2) is 0 Å². The maximum atomic E-state index is 2.40. The van der Waals surface area contributed by atoms with Gasteiger partial charge in [0.15, 0.2) is 0 Å². The van der Waals surface area contributed by atoms with E-state index in [1.807, 2.05) is 0 Å². The molecule has 12 heavy (non-hydrogen) atoms. The van der Waals surface area contributed by atoms with Crippen LogP contribution in [0.1, 0.15) is 59.8 Å². The molecule has 1 unspecified atom stereocenters. The van der Waals surface area contributed by atoms with Crippen molar-refractivity contribution in [2.75, 3.05) is 0 Å². The van der Waals surface area contributed by atoms with Crippen LogP contribution >= 0.6 is 0 Å². The van der Waals surface area contributed by atoms with Gasteiger partial charge in [-0.2, -0.15) is 0 Å². The average Bonchev–Trinajstić information content (AvgIpc) is 2.38. The van der Waals surface area contributed by atoms with E-state index in [0.29, 0.717) is 5.41 Å². The average molecular weight is 168 g/mol. The number of hydrogen-bond donors (Lipinski definition) is 0. The minimum Gasteiger partial charge on any atom is -0.0651 e. The zero-order chi connectivity index (χ0) is 9.19. The third kappa shape index (κ3) is 2.24. The third-order valence-electron chi connectivity index (χ3n) is 3.52. The molecule has 1 rings (SSSR count). The molecule has 0 bridgehead atoms. The summed E-state index contributed by atoms with van der Waals surface area (Å²) < 4.78 is 0. The van der Waals surface area contributed by atoms with Crippen LogP contribution in [0.25, 0.3) is 0 Å². The quantitative estimate of drug-likeness (QED) is 0.578. The molecule has 1 aliphatic rings. The van der Waals surface area contributed by atoms with Crippen molar-refractivity contribution < 1.29 is 0 Å². The van der Waals surface area contributed by atoms with Gasteiger partial charge in [0.2, 0.25) is 0 Å². The van der Waals surface area contributed by atoms with Crippen molar-refractivity contribution >= 4 is 0 Å². The van der Waals surface area contributed by atoms with Gasteiger partial charge in [-0.05, 0) is 17.3 Å². The summed E-state index contributed by atoms with van der Waals surface area (Å²) in [6.07, 6.45) is 7.33. The van der Waals surface area contributed by atoms with Crippen molar-refractivity contribution in [3.63, 3.8) is 0 Å². The number of rotatable bonds is 2. The molecule has 0 aromatic rings. The smallest absolute Gasteiger partial charge is 0.0340 e. The SMILES string of the molecule is CCC(C1CCCC1)C(C)(C)C. The Balaban J connectivity index is 2.54. The van der Waals surface area contributed by atoms with Crippen molar-refractivity contribution in [2.24, 2.45) is 17.3 Å². The zero-order valence-corrected chi connectivity index (χ0v) is 9.19. The van der Waals surface area contributed by atoms with E-state index in [2.05, 4.69) is 27.7 Å². The molecule has 0 heterocycles. The minimum atomic E-state index is 0.532. The third-order valence-corrected chi connectivity index (χ3v) is 3.52. The fraction of sp³-hybridized carbons (Fsp3) is 1.00. The molecule has 0 aliphatic heterocycles. The fourth-order valence-corrected chi connectivity index (χ4v) is 3.01. The first-order valence-electron chi connectivity index (χ1n) is 5.55. The van der Waals surface area contributed by atoms with Gasteiger partial charge in [0.25, 0.3) is 0 Å². The van der Waals surface area contributed by atoms with E-state index in [4.69, 9.17) is 0 Å². The van der Waals surface area contributed by atoms with Crippen LogP contribution < -0.4 is 0 Å². The van der Waals surface area contributed by atoms with Gasteiger partial charge in [-0.1, -0.05) is 59.8 Å². The lowest BCUT2D eigenvalue weighted by Gasteiger charge is -2.34. The van der Waals surface area contributed by atoms with E-state index in [-0.39, 0.29) is 0 Å². The Morgan fingerprint density at radius 1 is 1.17 bits per heavy atom. The molecule has 72 valence electrons. The second kappa shape index (κ2) is 3.81. The molecule has 1 atom stereocenters. The molecule has 0 saturated heterocycles. The molecule has 1 aliphatic carbocycles. The monoisotopic (exact) mass is 168 g/mol. The van der Waals surface area contributed by atoms with Crippen LogP contribution in [0.5, 0.6) is 0 Å². The van der Waals surface area contributed by atoms with E-state index in [1.165, 1.54) is 32.1 Å². The lowest BCUT2D eigenvalue weighted by Crippen LogP contribution is -2.26. The molecule has 0 aromatic carbocycles. The summed E-state index contributed by atoms with van der Waals surface area (Å²) in [6, 6.07) is 0. The Kier molecular flexibility index (Phi) is 3.20. The van der Waals surface area contributed by atoms with Crippen LogP contribution in [0.3, 0.4) is 0 Å². The summed E-state index contributed by atoms with van der Waals surface area (Å²) in [5.74, 6) is 2.00. The first kappa shape index (κ1) is 10.1. The lowest BCUT2D eigenvalue weighted by molar-refractivity contribution is 0.154. The topological polar surface area (TPSA) is 0 Å².